The van der Waals surface area contributed by atoms with Crippen molar-refractivity contribution < 1.29 is 9.15 Å². The Morgan fingerprint density at radius 3 is 2.40 bits per heavy atom. The van der Waals surface area contributed by atoms with Crippen molar-refractivity contribution in [3.8, 4) is 11.1 Å². The normalized spacial score (nSPS) is 10.8. The zero-order valence-electron chi connectivity index (χ0n) is 16.4. The summed E-state index contributed by atoms with van der Waals surface area (Å²) in [6, 6.07) is 21.6. The monoisotopic (exact) mass is 401 g/mol. The van der Waals surface area contributed by atoms with E-state index in [1.807, 2.05) is 66.7 Å². The third-order valence-corrected chi connectivity index (χ3v) is 4.60. The first kappa shape index (κ1) is 19.5. The lowest BCUT2D eigenvalue weighted by Crippen LogP contribution is -2.08. The highest BCUT2D eigenvalue weighted by Gasteiger charge is 2.14. The van der Waals surface area contributed by atoms with Gasteiger partial charge in [-0.3, -0.25) is 0 Å². The van der Waals surface area contributed by atoms with Crippen LogP contribution in [0.15, 0.2) is 77.4 Å². The summed E-state index contributed by atoms with van der Waals surface area (Å²) in [5, 5.41) is 3.32. The molecule has 4 rings (SSSR count). The van der Waals surface area contributed by atoms with Crippen molar-refractivity contribution in [2.24, 2.45) is 0 Å². The lowest BCUT2D eigenvalue weighted by Gasteiger charge is -2.13. The summed E-state index contributed by atoms with van der Waals surface area (Å²) in [6.07, 6.45) is 1.66. The summed E-state index contributed by atoms with van der Waals surface area (Å²) in [5.74, 6) is 1.33. The minimum Gasteiger partial charge on any atom is -0.467 e. The van der Waals surface area contributed by atoms with E-state index in [1.54, 1.807) is 6.26 Å². The number of aromatic nitrogens is 2. The highest BCUT2D eigenvalue weighted by atomic mass is 16.5. The van der Waals surface area contributed by atoms with Crippen molar-refractivity contribution >= 4 is 17.5 Å². The molecule has 2 aromatic heterocycles. The van der Waals surface area contributed by atoms with Gasteiger partial charge in [0.15, 0.2) is 0 Å². The fraction of sp³-hybridized carbons (Fsp3) is 0.130. The van der Waals surface area contributed by atoms with Crippen LogP contribution in [0.3, 0.4) is 0 Å². The van der Waals surface area contributed by atoms with Gasteiger partial charge >= 0.3 is 0 Å². The maximum absolute atomic E-state index is 6.18. The van der Waals surface area contributed by atoms with Crippen molar-refractivity contribution in [2.45, 2.75) is 19.8 Å². The third kappa shape index (κ3) is 4.76. The summed E-state index contributed by atoms with van der Waals surface area (Å²) in [4.78, 5) is 8.50. The molecule has 0 saturated heterocycles. The predicted octanol–water partition coefficient (Wildman–Crippen LogP) is 4.23. The van der Waals surface area contributed by atoms with E-state index in [4.69, 9.17) is 20.6 Å². The molecule has 0 saturated carbocycles. The van der Waals surface area contributed by atoms with E-state index < -0.39 is 0 Å². The number of hydrogen-bond donors (Lipinski definition) is 3. The zero-order valence-corrected chi connectivity index (χ0v) is 16.4. The Labute approximate surface area is 174 Å². The molecule has 5 N–H and O–H groups in total. The molecule has 2 heterocycles. The summed E-state index contributed by atoms with van der Waals surface area (Å²) < 4.78 is 11.2. The van der Waals surface area contributed by atoms with Gasteiger partial charge in [0.05, 0.1) is 31.7 Å². The summed E-state index contributed by atoms with van der Waals surface area (Å²) in [5.41, 5.74) is 16.3. The highest BCUT2D eigenvalue weighted by molar-refractivity contribution is 5.77. The maximum atomic E-state index is 6.18. The SMILES string of the molecule is Nc1nc(N)c(-c2ccc(NCc3ccco3)cc2)c(COCc2ccccc2)n1. The van der Waals surface area contributed by atoms with Crippen molar-refractivity contribution in [3.63, 3.8) is 0 Å². The fourth-order valence-electron chi connectivity index (χ4n) is 3.16. The van der Waals surface area contributed by atoms with Crippen LogP contribution in [0.4, 0.5) is 17.5 Å². The molecule has 7 nitrogen and oxygen atoms in total. The van der Waals surface area contributed by atoms with E-state index in [1.165, 1.54) is 0 Å². The predicted molar refractivity (Wildman–Crippen MR) is 117 cm³/mol. The molecule has 2 aromatic carbocycles. The molecule has 0 radical (unpaired) electrons. The van der Waals surface area contributed by atoms with Crippen LogP contribution >= 0.6 is 0 Å². The Morgan fingerprint density at radius 1 is 0.867 bits per heavy atom. The van der Waals surface area contributed by atoms with Gasteiger partial charge in [0.25, 0.3) is 0 Å². The molecule has 0 fully saturated rings. The van der Waals surface area contributed by atoms with Crippen LogP contribution in [0.1, 0.15) is 17.0 Å². The molecule has 7 heteroatoms. The van der Waals surface area contributed by atoms with Gasteiger partial charge in [0.2, 0.25) is 5.95 Å². The fourth-order valence-corrected chi connectivity index (χ4v) is 3.16. The van der Waals surface area contributed by atoms with Crippen molar-refractivity contribution in [1.29, 1.82) is 0 Å². The van der Waals surface area contributed by atoms with Gasteiger partial charge in [-0.05, 0) is 35.4 Å². The lowest BCUT2D eigenvalue weighted by atomic mass is 10.0. The number of hydrogen-bond acceptors (Lipinski definition) is 7. The third-order valence-electron chi connectivity index (χ3n) is 4.60. The summed E-state index contributed by atoms with van der Waals surface area (Å²) in [7, 11) is 0. The first-order chi connectivity index (χ1) is 14.7. The first-order valence-electron chi connectivity index (χ1n) is 9.59. The first-order valence-corrected chi connectivity index (χ1v) is 9.59. The van der Waals surface area contributed by atoms with Crippen LogP contribution in [0, 0.1) is 0 Å². The van der Waals surface area contributed by atoms with Gasteiger partial charge in [-0.25, -0.2) is 4.98 Å². The number of nitrogens with zero attached hydrogens (tertiary/aromatic N) is 2. The number of benzene rings is 2. The standard InChI is InChI=1S/C23H23N5O2/c24-22-21(17-8-10-18(11-9-17)26-13-19-7-4-12-30-19)20(27-23(25)28-22)15-29-14-16-5-2-1-3-6-16/h1-12,26H,13-15H2,(H4,24,25,27,28). The van der Waals surface area contributed by atoms with Gasteiger partial charge in [0, 0.05) is 11.3 Å². The second-order valence-electron chi connectivity index (χ2n) is 6.78. The second kappa shape index (κ2) is 9.11. The smallest absolute Gasteiger partial charge is 0.222 e. The van der Waals surface area contributed by atoms with E-state index in [9.17, 15) is 0 Å². The van der Waals surface area contributed by atoms with Gasteiger partial charge in [0.1, 0.15) is 11.6 Å². The molecular weight excluding hydrogens is 378 g/mol. The molecule has 4 aromatic rings. The van der Waals surface area contributed by atoms with Crippen molar-refractivity contribution in [1.82, 2.24) is 9.97 Å². The van der Waals surface area contributed by atoms with Crippen molar-refractivity contribution in [3.05, 3.63) is 90.0 Å². The highest BCUT2D eigenvalue weighted by Crippen LogP contribution is 2.30. The van der Waals surface area contributed by atoms with Crippen LogP contribution < -0.4 is 16.8 Å². The molecule has 0 aliphatic heterocycles. The summed E-state index contributed by atoms with van der Waals surface area (Å²) >= 11 is 0. The van der Waals surface area contributed by atoms with E-state index in [-0.39, 0.29) is 12.6 Å². The van der Waals surface area contributed by atoms with Gasteiger partial charge in [-0.2, -0.15) is 4.98 Å². The Morgan fingerprint density at radius 2 is 1.67 bits per heavy atom. The van der Waals surface area contributed by atoms with Crippen molar-refractivity contribution in [2.75, 3.05) is 16.8 Å². The minimum absolute atomic E-state index is 0.131. The molecule has 0 spiro atoms. The molecule has 30 heavy (non-hydrogen) atoms. The van der Waals surface area contributed by atoms with E-state index in [0.29, 0.717) is 24.7 Å². The molecule has 0 amide bonds. The van der Waals surface area contributed by atoms with Gasteiger partial charge in [-0.1, -0.05) is 42.5 Å². The number of furan rings is 1. The molecular formula is C23H23N5O2. The van der Waals surface area contributed by atoms with Crippen LogP contribution in [-0.2, 0) is 24.5 Å². The number of nitrogens with two attached hydrogens (primary N) is 2. The Hall–Kier alpha value is -3.84. The Balaban J connectivity index is 1.49. The molecule has 152 valence electrons. The maximum Gasteiger partial charge on any atom is 0.222 e. The second-order valence-corrected chi connectivity index (χ2v) is 6.78. The van der Waals surface area contributed by atoms with Crippen LogP contribution in [-0.4, -0.2) is 9.97 Å². The number of nitrogens with one attached hydrogen (secondary N) is 1. The largest absolute Gasteiger partial charge is 0.467 e. The van der Waals surface area contributed by atoms with Gasteiger partial charge < -0.3 is 25.9 Å². The zero-order chi connectivity index (χ0) is 20.8. The average Bonchev–Trinajstić information content (AvgIpc) is 3.27. The molecule has 0 unspecified atom stereocenters. The van der Waals surface area contributed by atoms with E-state index >= 15 is 0 Å². The number of rotatable bonds is 8. The van der Waals surface area contributed by atoms with E-state index in [0.717, 1.165) is 28.1 Å². The number of anilines is 3. The number of ether oxygens (including phenoxy) is 1. The van der Waals surface area contributed by atoms with Crippen LogP contribution in [0.5, 0.6) is 0 Å². The van der Waals surface area contributed by atoms with Crippen LogP contribution in [0.2, 0.25) is 0 Å². The average molecular weight is 401 g/mol. The van der Waals surface area contributed by atoms with E-state index in [2.05, 4.69) is 15.3 Å². The Bertz CT molecular complexity index is 1080. The minimum atomic E-state index is 0.131. The molecule has 0 aliphatic rings. The molecule has 0 atom stereocenters. The molecule has 0 aliphatic carbocycles. The summed E-state index contributed by atoms with van der Waals surface area (Å²) in [6.45, 7) is 1.36. The molecule has 0 bridgehead atoms. The topological polar surface area (TPSA) is 112 Å². The lowest BCUT2D eigenvalue weighted by molar-refractivity contribution is 0.105. The quantitative estimate of drug-likeness (QED) is 0.405. The Kier molecular flexibility index (Phi) is 5.91. The van der Waals surface area contributed by atoms with Crippen LogP contribution in [0.25, 0.3) is 11.1 Å². The van der Waals surface area contributed by atoms with Gasteiger partial charge in [-0.15, -0.1) is 0 Å². The number of nitrogen functional groups attached to an aromatic ring is 2.